The molecule has 1 aromatic heterocycles. The van der Waals surface area contributed by atoms with E-state index in [-0.39, 0.29) is 41.1 Å². The molecule has 0 N–H and O–H groups in total. The second-order valence-electron chi connectivity index (χ2n) is 8.65. The number of hydrogen-bond donors (Lipinski definition) is 0. The number of nitrogens with zero attached hydrogens (tertiary/aromatic N) is 3. The molecule has 2 fully saturated rings. The van der Waals surface area contributed by atoms with Gasteiger partial charge in [0.15, 0.2) is 0 Å². The van der Waals surface area contributed by atoms with Crippen LogP contribution in [0.2, 0.25) is 0 Å². The van der Waals surface area contributed by atoms with Gasteiger partial charge in [0.2, 0.25) is 0 Å². The monoisotopic (exact) mass is 555 g/mol. The van der Waals surface area contributed by atoms with Crippen molar-refractivity contribution in [2.24, 2.45) is 5.92 Å². The molecule has 3 heterocycles. The van der Waals surface area contributed by atoms with E-state index in [0.717, 1.165) is 18.2 Å². The number of halogens is 4. The number of methoxy groups -OCH3 is 1. The van der Waals surface area contributed by atoms with E-state index < -0.39 is 34.6 Å². The van der Waals surface area contributed by atoms with Gasteiger partial charge in [0.05, 0.1) is 42.1 Å². The van der Waals surface area contributed by atoms with Crippen LogP contribution < -0.4 is 9.64 Å². The van der Waals surface area contributed by atoms with Gasteiger partial charge in [-0.3, -0.25) is 4.90 Å². The van der Waals surface area contributed by atoms with Gasteiger partial charge in [-0.25, -0.2) is 17.7 Å². The van der Waals surface area contributed by atoms with Gasteiger partial charge in [0, 0.05) is 42.9 Å². The van der Waals surface area contributed by atoms with E-state index in [9.17, 15) is 22.2 Å². The van der Waals surface area contributed by atoms with E-state index in [1.165, 1.54) is 36.5 Å². The Morgan fingerprint density at radius 2 is 1.97 bits per heavy atom. The lowest BCUT2D eigenvalue weighted by Gasteiger charge is -2.45. The molecule has 8 nitrogen and oxygen atoms in total. The summed E-state index contributed by atoms with van der Waals surface area (Å²) in [7, 11) is 0.171. The molecular weight excluding hydrogens is 530 g/mol. The zero-order valence-corrected chi connectivity index (χ0v) is 21.3. The van der Waals surface area contributed by atoms with Crippen LogP contribution in [-0.2, 0) is 21.9 Å². The van der Waals surface area contributed by atoms with Gasteiger partial charge in [0.25, 0.3) is 0 Å². The molecule has 0 saturated carbocycles. The Kier molecular flexibility index (Phi) is 8.36. The average Bonchev–Trinajstić information content (AvgIpc) is 3.48. The van der Waals surface area contributed by atoms with Crippen molar-refractivity contribution in [2.45, 2.75) is 18.6 Å². The van der Waals surface area contributed by atoms with Crippen LogP contribution in [0.4, 0.5) is 28.0 Å². The quantitative estimate of drug-likeness (QED) is 0.415. The summed E-state index contributed by atoms with van der Waals surface area (Å²) in [5.74, 6) is -0.814. The Labute approximate surface area is 218 Å². The number of benzene rings is 2. The normalized spacial score (nSPS) is 20.6. The zero-order valence-electron chi connectivity index (χ0n) is 20.5. The first-order valence-electron chi connectivity index (χ1n) is 11.5. The first-order valence-corrected chi connectivity index (χ1v) is 13.1. The molecule has 13 heteroatoms. The Morgan fingerprint density at radius 3 is 2.58 bits per heavy atom. The van der Waals surface area contributed by atoms with Gasteiger partial charge in [-0.15, -0.1) is 0 Å². The second-order valence-corrected chi connectivity index (χ2v) is 10.0. The molecule has 38 heavy (non-hydrogen) atoms. The maximum Gasteiger partial charge on any atom is 0.416 e. The van der Waals surface area contributed by atoms with Gasteiger partial charge in [-0.05, 0) is 36.2 Å². The maximum atomic E-state index is 15.2. The Morgan fingerprint density at radius 1 is 1.18 bits per heavy atom. The van der Waals surface area contributed by atoms with Gasteiger partial charge < -0.3 is 14.0 Å². The van der Waals surface area contributed by atoms with Crippen molar-refractivity contribution < 1.29 is 40.6 Å². The first-order chi connectivity index (χ1) is 18.1. The number of amides is 1. The van der Waals surface area contributed by atoms with Crippen molar-refractivity contribution in [3.05, 3.63) is 66.3 Å². The van der Waals surface area contributed by atoms with Crippen LogP contribution in [0.1, 0.15) is 12.0 Å². The van der Waals surface area contributed by atoms with E-state index in [0.29, 0.717) is 19.5 Å². The highest BCUT2D eigenvalue weighted by molar-refractivity contribution is 7.81. The molecule has 0 aliphatic carbocycles. The summed E-state index contributed by atoms with van der Waals surface area (Å²) in [5, 5.41) is 3.35. The van der Waals surface area contributed by atoms with Crippen molar-refractivity contribution >= 4 is 22.8 Å². The van der Waals surface area contributed by atoms with E-state index in [2.05, 4.69) is 9.68 Å². The fourth-order valence-corrected chi connectivity index (χ4v) is 5.30. The smallest absolute Gasteiger partial charge is 0.416 e. The number of fused-ring (bicyclic) bond motifs is 1. The SMILES string of the molecule is COc1cc(-c2cccc(C(F)(F)F)c2)c(F)cc1N1C(=O)OCC2CN(S(C)=O)CCC21.c1cnoc1. The third-order valence-corrected chi connectivity index (χ3v) is 7.40. The van der Waals surface area contributed by atoms with E-state index >= 15 is 4.39 Å². The van der Waals surface area contributed by atoms with Gasteiger partial charge in [-0.1, -0.05) is 17.3 Å². The molecule has 2 saturated heterocycles. The fourth-order valence-electron chi connectivity index (χ4n) is 4.54. The zero-order chi connectivity index (χ0) is 27.4. The molecule has 0 bridgehead atoms. The molecule has 2 aliphatic rings. The third-order valence-electron chi connectivity index (χ3n) is 6.35. The van der Waals surface area contributed by atoms with Crippen LogP contribution in [0, 0.1) is 11.7 Å². The summed E-state index contributed by atoms with van der Waals surface area (Å²) in [6.07, 6.45) is -0.0518. The molecule has 2 aliphatic heterocycles. The number of carbonyl (C=O) groups excluding carboxylic acids is 1. The number of alkyl halides is 3. The summed E-state index contributed by atoms with van der Waals surface area (Å²) in [4.78, 5) is 14.0. The number of ether oxygens (including phenoxy) is 2. The summed E-state index contributed by atoms with van der Waals surface area (Å²) < 4.78 is 83.2. The Hall–Kier alpha value is -3.45. The number of hydrogen-bond acceptors (Lipinski definition) is 6. The van der Waals surface area contributed by atoms with Gasteiger partial charge >= 0.3 is 12.3 Å². The third kappa shape index (κ3) is 5.99. The minimum atomic E-state index is -4.57. The average molecular weight is 556 g/mol. The van der Waals surface area contributed by atoms with Crippen molar-refractivity contribution in [2.75, 3.05) is 38.0 Å². The van der Waals surface area contributed by atoms with E-state index in [1.54, 1.807) is 22.8 Å². The standard InChI is InChI=1S/C22H22F4N2O4S.C3H3NO/c1-31-20-9-16(13-4-3-5-15(8-13)22(24,25)26)17(23)10-19(20)28-18-6-7-27(33(2)30)11-14(18)12-32-21(28)29;1-2-4-5-3-1/h3-5,8-10,14,18H,6-7,11-12H2,1-2H3;1-3H. The molecule has 2 aromatic carbocycles. The molecule has 3 aromatic rings. The predicted molar refractivity (Wildman–Crippen MR) is 131 cm³/mol. The van der Waals surface area contributed by atoms with E-state index in [4.69, 9.17) is 9.47 Å². The lowest BCUT2D eigenvalue weighted by molar-refractivity contribution is -0.137. The highest BCUT2D eigenvalue weighted by Gasteiger charge is 2.43. The Bertz CT molecular complexity index is 1270. The largest absolute Gasteiger partial charge is 0.495 e. The number of aromatic nitrogens is 1. The molecule has 0 spiro atoms. The van der Waals surface area contributed by atoms with Crippen LogP contribution in [0.5, 0.6) is 5.75 Å². The van der Waals surface area contributed by atoms with Gasteiger partial charge in [-0.2, -0.15) is 13.2 Å². The summed E-state index contributed by atoms with van der Waals surface area (Å²) in [5.41, 5.74) is -0.814. The van der Waals surface area contributed by atoms with Crippen molar-refractivity contribution in [1.29, 1.82) is 0 Å². The Balaban J connectivity index is 0.000000603. The van der Waals surface area contributed by atoms with Crippen LogP contribution in [0.25, 0.3) is 11.1 Å². The van der Waals surface area contributed by atoms with Crippen LogP contribution in [0.15, 0.2) is 59.4 Å². The second kappa shape index (κ2) is 11.5. The predicted octanol–water partition coefficient (Wildman–Crippen LogP) is 5.14. The van der Waals surface area contributed by atoms with Gasteiger partial charge in [0.1, 0.15) is 17.8 Å². The minimum absolute atomic E-state index is 0.0324. The lowest BCUT2D eigenvalue weighted by atomic mass is 9.91. The summed E-state index contributed by atoms with van der Waals surface area (Å²) in [6, 6.07) is 8.12. The highest BCUT2D eigenvalue weighted by Crippen LogP contribution is 2.41. The lowest BCUT2D eigenvalue weighted by Crippen LogP contribution is -2.58. The highest BCUT2D eigenvalue weighted by atomic mass is 32.2. The maximum absolute atomic E-state index is 15.2. The van der Waals surface area contributed by atoms with Crippen molar-refractivity contribution in [3.8, 4) is 16.9 Å². The van der Waals surface area contributed by atoms with Crippen molar-refractivity contribution in [1.82, 2.24) is 9.46 Å². The number of rotatable bonds is 4. The van der Waals surface area contributed by atoms with Crippen LogP contribution >= 0.6 is 0 Å². The van der Waals surface area contributed by atoms with Crippen LogP contribution in [-0.4, -0.2) is 58.9 Å². The number of piperidine rings is 1. The topological polar surface area (TPSA) is 85.1 Å². The molecule has 1 amide bonds. The fraction of sp³-hybridized carbons (Fsp3) is 0.360. The molecular formula is C25H25F4N3O5S. The van der Waals surface area contributed by atoms with Crippen molar-refractivity contribution in [3.63, 3.8) is 0 Å². The number of carbonyl (C=O) groups is 1. The molecule has 0 radical (unpaired) electrons. The summed E-state index contributed by atoms with van der Waals surface area (Å²) in [6.45, 7) is 1.09. The minimum Gasteiger partial charge on any atom is -0.495 e. The molecule has 3 unspecified atom stereocenters. The van der Waals surface area contributed by atoms with E-state index in [1.807, 2.05) is 0 Å². The molecule has 3 atom stereocenters. The summed E-state index contributed by atoms with van der Waals surface area (Å²) >= 11 is 0. The molecule has 5 rings (SSSR count). The van der Waals surface area contributed by atoms with Crippen LogP contribution in [0.3, 0.4) is 0 Å². The molecule has 204 valence electrons. The number of anilines is 1. The first kappa shape index (κ1) is 27.6. The number of cyclic esters (lactones) is 1.